The standard InChI is InChI=1S/C80H155NO5/c1-3-5-7-9-11-13-15-17-19-21-22-38-41-44-48-52-56-60-64-68-72-78(83)77(76-82)81-79(84)73-69-65-61-57-53-49-45-42-39-36-34-32-30-28-26-24-23-25-27-29-31-33-35-37-40-43-47-51-55-59-63-67-71-75-86-80(85)74-70-66-62-58-54-50-46-20-18-16-14-12-10-8-6-4-2/h27,29,33,35,77-78,82-83H,3-26,28,30-32,34,36-76H2,1-2H3,(H,81,84)/b29-27-,35-33-. The number of nitrogens with one attached hydrogen (secondary N) is 1. The third-order valence-corrected chi connectivity index (χ3v) is 18.8. The molecule has 0 saturated heterocycles. The van der Waals surface area contributed by atoms with Crippen molar-refractivity contribution in [3.8, 4) is 0 Å². The lowest BCUT2D eigenvalue weighted by atomic mass is 10.0. The highest BCUT2D eigenvalue weighted by Crippen LogP contribution is 2.20. The maximum absolute atomic E-state index is 12.6. The van der Waals surface area contributed by atoms with Gasteiger partial charge in [0.25, 0.3) is 0 Å². The lowest BCUT2D eigenvalue weighted by Gasteiger charge is -2.22. The predicted molar refractivity (Wildman–Crippen MR) is 380 cm³/mol. The van der Waals surface area contributed by atoms with Crippen molar-refractivity contribution in [3.05, 3.63) is 24.3 Å². The number of hydrogen-bond donors (Lipinski definition) is 3. The SMILES string of the molecule is CCCCCCCCCCCCCCCCCCCCCCC(O)C(CO)NC(=O)CCCCCCCCCCCCCCCCCCC/C=C\C/C=C\CCCCCCCCCCCOC(=O)CCCCCCCCCCCCCCCCCC. The molecule has 2 atom stereocenters. The molecule has 0 aliphatic heterocycles. The fraction of sp³-hybridized carbons (Fsp3) is 0.925. The van der Waals surface area contributed by atoms with E-state index in [0.717, 1.165) is 44.9 Å². The second-order valence-corrected chi connectivity index (χ2v) is 27.4. The van der Waals surface area contributed by atoms with Crippen LogP contribution in [-0.2, 0) is 14.3 Å². The van der Waals surface area contributed by atoms with Gasteiger partial charge in [0, 0.05) is 12.8 Å². The van der Waals surface area contributed by atoms with Crippen LogP contribution >= 0.6 is 0 Å². The maximum Gasteiger partial charge on any atom is 0.305 e. The van der Waals surface area contributed by atoms with E-state index >= 15 is 0 Å². The number of ether oxygens (including phenoxy) is 1. The number of allylic oxidation sites excluding steroid dienone is 4. The summed E-state index contributed by atoms with van der Waals surface area (Å²) in [5.41, 5.74) is 0. The first kappa shape index (κ1) is 84.3. The highest BCUT2D eigenvalue weighted by atomic mass is 16.5. The molecule has 510 valence electrons. The van der Waals surface area contributed by atoms with Crippen molar-refractivity contribution in [2.45, 2.75) is 463 Å². The molecule has 0 saturated carbocycles. The van der Waals surface area contributed by atoms with Crippen LogP contribution in [0.3, 0.4) is 0 Å². The first-order valence-electron chi connectivity index (χ1n) is 39.6. The monoisotopic (exact) mass is 1210 g/mol. The molecule has 0 aromatic heterocycles. The van der Waals surface area contributed by atoms with Crippen molar-refractivity contribution in [1.29, 1.82) is 0 Å². The Morgan fingerprint density at radius 2 is 0.581 bits per heavy atom. The number of unbranched alkanes of at least 4 members (excludes halogenated alkanes) is 60. The minimum absolute atomic E-state index is 0.0187. The molecule has 2 unspecified atom stereocenters. The van der Waals surface area contributed by atoms with E-state index in [1.807, 2.05) is 0 Å². The molecule has 1 amide bonds. The summed E-state index contributed by atoms with van der Waals surface area (Å²) in [6.07, 6.45) is 96.9. The number of amides is 1. The maximum atomic E-state index is 12.6. The molecule has 6 nitrogen and oxygen atoms in total. The molecule has 3 N–H and O–H groups in total. The van der Waals surface area contributed by atoms with Gasteiger partial charge >= 0.3 is 5.97 Å². The zero-order chi connectivity index (χ0) is 62.0. The van der Waals surface area contributed by atoms with Crippen molar-refractivity contribution in [3.63, 3.8) is 0 Å². The van der Waals surface area contributed by atoms with E-state index in [1.54, 1.807) is 0 Å². The van der Waals surface area contributed by atoms with Gasteiger partial charge in [-0.3, -0.25) is 9.59 Å². The lowest BCUT2D eigenvalue weighted by molar-refractivity contribution is -0.143. The number of hydrogen-bond acceptors (Lipinski definition) is 5. The summed E-state index contributed by atoms with van der Waals surface area (Å²) in [5, 5.41) is 23.4. The second-order valence-electron chi connectivity index (χ2n) is 27.4. The molecule has 0 heterocycles. The zero-order valence-electron chi connectivity index (χ0n) is 58.6. The van der Waals surface area contributed by atoms with Crippen LogP contribution in [-0.4, -0.2) is 47.4 Å². The van der Waals surface area contributed by atoms with E-state index in [2.05, 4.69) is 43.5 Å². The molecule has 6 heteroatoms. The Bertz CT molecular complexity index is 1350. The molecular formula is C80H155NO5. The van der Waals surface area contributed by atoms with Gasteiger partial charge in [-0.1, -0.05) is 404 Å². The van der Waals surface area contributed by atoms with Crippen LogP contribution in [0.4, 0.5) is 0 Å². The van der Waals surface area contributed by atoms with Crippen LogP contribution in [0.5, 0.6) is 0 Å². The topological polar surface area (TPSA) is 95.9 Å². The minimum atomic E-state index is -0.664. The van der Waals surface area contributed by atoms with Crippen LogP contribution in [0.15, 0.2) is 24.3 Å². The molecule has 0 spiro atoms. The quantitative estimate of drug-likeness (QED) is 0.0320. The van der Waals surface area contributed by atoms with Crippen molar-refractivity contribution in [2.24, 2.45) is 0 Å². The molecule has 0 radical (unpaired) electrons. The average molecular weight is 1210 g/mol. The molecule has 0 fully saturated rings. The predicted octanol–water partition coefficient (Wildman–Crippen LogP) is 26.0. The molecular weight excluding hydrogens is 1050 g/mol. The summed E-state index contributed by atoms with van der Waals surface area (Å²) in [7, 11) is 0. The van der Waals surface area contributed by atoms with Gasteiger partial charge in [0.15, 0.2) is 0 Å². The third-order valence-electron chi connectivity index (χ3n) is 18.8. The van der Waals surface area contributed by atoms with Crippen LogP contribution in [0.1, 0.15) is 450 Å². The highest BCUT2D eigenvalue weighted by molar-refractivity contribution is 5.76. The number of aliphatic hydroxyl groups is 2. The molecule has 86 heavy (non-hydrogen) atoms. The first-order chi connectivity index (χ1) is 42.5. The Labute approximate surface area is 539 Å². The van der Waals surface area contributed by atoms with Crippen molar-refractivity contribution in [2.75, 3.05) is 13.2 Å². The van der Waals surface area contributed by atoms with Crippen LogP contribution in [0.2, 0.25) is 0 Å². The van der Waals surface area contributed by atoms with Crippen molar-refractivity contribution in [1.82, 2.24) is 5.32 Å². The van der Waals surface area contributed by atoms with E-state index < -0.39 is 12.1 Å². The Hall–Kier alpha value is -1.66. The summed E-state index contributed by atoms with van der Waals surface area (Å²) in [4.78, 5) is 24.7. The summed E-state index contributed by atoms with van der Waals surface area (Å²) in [6.45, 7) is 5.01. The Kier molecular flexibility index (Phi) is 74.3. The number of carbonyl (C=O) groups is 2. The van der Waals surface area contributed by atoms with E-state index in [1.165, 1.54) is 372 Å². The van der Waals surface area contributed by atoms with E-state index in [-0.39, 0.29) is 18.5 Å². The van der Waals surface area contributed by atoms with Crippen LogP contribution < -0.4 is 5.32 Å². The van der Waals surface area contributed by atoms with Gasteiger partial charge in [0.05, 0.1) is 25.4 Å². The molecule has 0 aliphatic rings. The molecule has 0 aromatic carbocycles. The van der Waals surface area contributed by atoms with Gasteiger partial charge in [-0.15, -0.1) is 0 Å². The summed E-state index contributed by atoms with van der Waals surface area (Å²) >= 11 is 0. The minimum Gasteiger partial charge on any atom is -0.466 e. The number of carbonyl (C=O) groups excluding carboxylic acids is 2. The normalized spacial score (nSPS) is 12.6. The van der Waals surface area contributed by atoms with Gasteiger partial charge in [-0.2, -0.15) is 0 Å². The van der Waals surface area contributed by atoms with E-state index in [9.17, 15) is 19.8 Å². The first-order valence-corrected chi connectivity index (χ1v) is 39.6. The smallest absolute Gasteiger partial charge is 0.305 e. The van der Waals surface area contributed by atoms with Gasteiger partial charge in [-0.25, -0.2) is 0 Å². The Morgan fingerprint density at radius 3 is 0.884 bits per heavy atom. The molecule has 0 aliphatic carbocycles. The van der Waals surface area contributed by atoms with Gasteiger partial charge in [0.2, 0.25) is 5.91 Å². The van der Waals surface area contributed by atoms with Gasteiger partial charge < -0.3 is 20.3 Å². The summed E-state index contributed by atoms with van der Waals surface area (Å²) in [6, 6.07) is -0.541. The van der Waals surface area contributed by atoms with Crippen molar-refractivity contribution < 1.29 is 24.5 Å². The van der Waals surface area contributed by atoms with Crippen LogP contribution in [0.25, 0.3) is 0 Å². The number of esters is 1. The van der Waals surface area contributed by atoms with Gasteiger partial charge in [0.1, 0.15) is 0 Å². The second kappa shape index (κ2) is 75.8. The Morgan fingerprint density at radius 1 is 0.326 bits per heavy atom. The van der Waals surface area contributed by atoms with E-state index in [0.29, 0.717) is 25.9 Å². The number of rotatable bonds is 75. The third kappa shape index (κ3) is 71.4. The molecule has 0 aromatic rings. The van der Waals surface area contributed by atoms with Crippen LogP contribution in [0, 0.1) is 0 Å². The highest BCUT2D eigenvalue weighted by Gasteiger charge is 2.20. The molecule has 0 bridgehead atoms. The van der Waals surface area contributed by atoms with Gasteiger partial charge in [-0.05, 0) is 57.8 Å². The fourth-order valence-electron chi connectivity index (χ4n) is 12.7. The fourth-order valence-corrected chi connectivity index (χ4v) is 12.7. The number of aliphatic hydroxyl groups excluding tert-OH is 2. The largest absolute Gasteiger partial charge is 0.466 e. The lowest BCUT2D eigenvalue weighted by Crippen LogP contribution is -2.45. The average Bonchev–Trinajstić information content (AvgIpc) is 3.61. The summed E-state index contributed by atoms with van der Waals surface area (Å²) in [5.74, 6) is -0.00936. The Balaban J connectivity index is 3.37. The zero-order valence-corrected chi connectivity index (χ0v) is 58.6. The van der Waals surface area contributed by atoms with E-state index in [4.69, 9.17) is 4.74 Å². The summed E-state index contributed by atoms with van der Waals surface area (Å²) < 4.78 is 5.50. The molecule has 0 rings (SSSR count). The van der Waals surface area contributed by atoms with Crippen molar-refractivity contribution >= 4 is 11.9 Å².